The molecule has 0 amide bonds. The van der Waals surface area contributed by atoms with Gasteiger partial charge in [0, 0.05) is 16.1 Å². The molecular weight excluding hydrogens is 426 g/mol. The fourth-order valence-electron chi connectivity index (χ4n) is 3.12. The van der Waals surface area contributed by atoms with Gasteiger partial charge in [0.25, 0.3) is 5.82 Å². The minimum atomic E-state index is -0.771. The van der Waals surface area contributed by atoms with Gasteiger partial charge in [-0.25, -0.2) is 14.5 Å². The summed E-state index contributed by atoms with van der Waals surface area (Å²) >= 11 is 6.02. The number of aryl methyl sites for hydroxylation is 2. The number of esters is 1. The van der Waals surface area contributed by atoms with E-state index in [9.17, 15) is 9.59 Å². The van der Waals surface area contributed by atoms with E-state index < -0.39 is 12.6 Å². The van der Waals surface area contributed by atoms with Crippen LogP contribution in [-0.2, 0) is 4.74 Å². The first-order valence-corrected chi connectivity index (χ1v) is 10.4. The van der Waals surface area contributed by atoms with E-state index in [-0.39, 0.29) is 11.6 Å². The van der Waals surface area contributed by atoms with Gasteiger partial charge in [0.1, 0.15) is 0 Å². The molecule has 7 heteroatoms. The Morgan fingerprint density at radius 2 is 1.66 bits per heavy atom. The van der Waals surface area contributed by atoms with Crippen LogP contribution in [0.15, 0.2) is 72.8 Å². The molecule has 3 aromatic carbocycles. The van der Waals surface area contributed by atoms with Gasteiger partial charge in [0.15, 0.2) is 18.2 Å². The maximum Gasteiger partial charge on any atom is 0.378 e. The number of carbonyl (C=O) groups is 2. The maximum atomic E-state index is 12.6. The Bertz CT molecular complexity index is 1280. The highest BCUT2D eigenvalue weighted by atomic mass is 35.5. The minimum absolute atomic E-state index is 0.131. The molecule has 0 unspecified atom stereocenters. The van der Waals surface area contributed by atoms with Gasteiger partial charge in [-0.05, 0) is 61.4 Å². The molecule has 0 radical (unpaired) electrons. The van der Waals surface area contributed by atoms with Crippen LogP contribution in [0.2, 0.25) is 5.02 Å². The van der Waals surface area contributed by atoms with Crippen LogP contribution >= 0.6 is 11.6 Å². The molecule has 160 valence electrons. The quantitative estimate of drug-likeness (QED) is 0.299. The number of halogens is 1. The molecule has 0 fully saturated rings. The number of hydrogen-bond donors (Lipinski definition) is 0. The molecule has 0 saturated heterocycles. The van der Waals surface area contributed by atoms with Crippen LogP contribution in [0.3, 0.4) is 0 Å². The van der Waals surface area contributed by atoms with Crippen molar-refractivity contribution >= 4 is 23.4 Å². The summed E-state index contributed by atoms with van der Waals surface area (Å²) in [5.41, 5.74) is 4.18. The fraction of sp³-hybridized carbons (Fsp3) is 0.120. The van der Waals surface area contributed by atoms with Crippen LogP contribution in [0.5, 0.6) is 0 Å². The Balaban J connectivity index is 1.65. The van der Waals surface area contributed by atoms with Crippen molar-refractivity contribution in [2.45, 2.75) is 13.8 Å². The third kappa shape index (κ3) is 4.60. The van der Waals surface area contributed by atoms with Gasteiger partial charge in [0.05, 0.1) is 5.69 Å². The Hall–Kier alpha value is -3.77. The van der Waals surface area contributed by atoms with E-state index >= 15 is 0 Å². The molecule has 0 N–H and O–H groups in total. The molecule has 0 atom stereocenters. The third-order valence-corrected chi connectivity index (χ3v) is 5.31. The smallest absolute Gasteiger partial charge is 0.378 e. The zero-order valence-corrected chi connectivity index (χ0v) is 18.3. The predicted octanol–water partition coefficient (Wildman–Crippen LogP) is 5.24. The normalized spacial score (nSPS) is 10.7. The first-order chi connectivity index (χ1) is 15.4. The van der Waals surface area contributed by atoms with Crippen LogP contribution in [0, 0.1) is 13.8 Å². The highest BCUT2D eigenvalue weighted by molar-refractivity contribution is 6.30. The monoisotopic (exact) mass is 445 g/mol. The van der Waals surface area contributed by atoms with Crippen molar-refractivity contribution in [3.05, 3.63) is 100 Å². The van der Waals surface area contributed by atoms with Crippen molar-refractivity contribution in [3.8, 4) is 17.1 Å². The Morgan fingerprint density at radius 1 is 0.938 bits per heavy atom. The summed E-state index contributed by atoms with van der Waals surface area (Å²) in [7, 11) is 0. The predicted molar refractivity (Wildman–Crippen MR) is 122 cm³/mol. The highest BCUT2D eigenvalue weighted by Gasteiger charge is 2.21. The molecule has 0 aliphatic heterocycles. The van der Waals surface area contributed by atoms with E-state index in [0.29, 0.717) is 16.4 Å². The topological polar surface area (TPSA) is 74.1 Å². The lowest BCUT2D eigenvalue weighted by molar-refractivity contribution is 0.0462. The maximum absolute atomic E-state index is 12.6. The van der Waals surface area contributed by atoms with Gasteiger partial charge in [-0.2, -0.15) is 0 Å². The van der Waals surface area contributed by atoms with Crippen molar-refractivity contribution in [2.24, 2.45) is 0 Å². The SMILES string of the molecule is Cc1ccc(-n2nc(C(=O)OCC(=O)c3ccccc3)nc2-c2ccc(Cl)cc2)cc1C. The molecule has 4 rings (SSSR count). The average molecular weight is 446 g/mol. The Kier molecular flexibility index (Phi) is 6.14. The van der Waals surface area contributed by atoms with E-state index in [1.165, 1.54) is 0 Å². The second-order valence-corrected chi connectivity index (χ2v) is 7.75. The molecule has 1 aromatic heterocycles. The number of rotatable bonds is 6. The van der Waals surface area contributed by atoms with Crippen LogP contribution in [0.4, 0.5) is 0 Å². The lowest BCUT2D eigenvalue weighted by Gasteiger charge is -2.08. The summed E-state index contributed by atoms with van der Waals surface area (Å²) in [5.74, 6) is -0.738. The van der Waals surface area contributed by atoms with Gasteiger partial charge in [-0.15, -0.1) is 5.10 Å². The molecule has 0 spiro atoms. The first kappa shape index (κ1) is 21.5. The number of Topliss-reactive ketones (excluding diaryl/α,β-unsaturated/α-hetero) is 1. The van der Waals surface area contributed by atoms with Gasteiger partial charge < -0.3 is 4.74 Å². The van der Waals surface area contributed by atoms with Crippen molar-refractivity contribution in [1.82, 2.24) is 14.8 Å². The van der Waals surface area contributed by atoms with E-state index in [2.05, 4.69) is 10.1 Å². The highest BCUT2D eigenvalue weighted by Crippen LogP contribution is 2.24. The van der Waals surface area contributed by atoms with Gasteiger partial charge in [0.2, 0.25) is 0 Å². The summed E-state index contributed by atoms with van der Waals surface area (Å²) < 4.78 is 6.79. The number of benzene rings is 3. The van der Waals surface area contributed by atoms with Crippen LogP contribution in [-0.4, -0.2) is 33.1 Å². The third-order valence-electron chi connectivity index (χ3n) is 5.06. The molecular formula is C25H20ClN3O3. The molecule has 0 aliphatic rings. The van der Waals surface area contributed by atoms with Gasteiger partial charge >= 0.3 is 5.97 Å². The van der Waals surface area contributed by atoms with Crippen LogP contribution < -0.4 is 0 Å². The molecule has 32 heavy (non-hydrogen) atoms. The van der Waals surface area contributed by atoms with Gasteiger partial charge in [-0.1, -0.05) is 48.0 Å². The summed E-state index contributed by atoms with van der Waals surface area (Å²) in [5, 5.41) is 4.98. The number of aromatic nitrogens is 3. The summed E-state index contributed by atoms with van der Waals surface area (Å²) in [6.45, 7) is 3.63. The Morgan fingerprint density at radius 3 is 2.34 bits per heavy atom. The van der Waals surface area contributed by atoms with Crippen molar-refractivity contribution in [1.29, 1.82) is 0 Å². The average Bonchev–Trinajstić information content (AvgIpc) is 3.25. The number of ketones is 1. The molecule has 4 aromatic rings. The van der Waals surface area contributed by atoms with Crippen molar-refractivity contribution in [3.63, 3.8) is 0 Å². The number of hydrogen-bond acceptors (Lipinski definition) is 5. The standard InChI is InChI=1S/C25H20ClN3O3/c1-16-8-13-21(14-17(16)2)29-24(19-9-11-20(26)12-10-19)27-23(28-29)25(31)32-15-22(30)18-6-4-3-5-7-18/h3-14H,15H2,1-2H3. The second-order valence-electron chi connectivity index (χ2n) is 7.31. The van der Waals surface area contributed by atoms with E-state index in [1.54, 1.807) is 53.2 Å². The fourth-order valence-corrected chi connectivity index (χ4v) is 3.25. The summed E-state index contributed by atoms with van der Waals surface area (Å²) in [6, 6.07) is 21.6. The molecule has 0 aliphatic carbocycles. The van der Waals surface area contributed by atoms with Crippen LogP contribution in [0.25, 0.3) is 17.1 Å². The molecule has 6 nitrogen and oxygen atoms in total. The lowest BCUT2D eigenvalue weighted by atomic mass is 10.1. The van der Waals surface area contributed by atoms with Crippen molar-refractivity contribution in [2.75, 3.05) is 6.61 Å². The molecule has 1 heterocycles. The first-order valence-electron chi connectivity index (χ1n) is 9.98. The van der Waals surface area contributed by atoms with Crippen LogP contribution in [0.1, 0.15) is 32.1 Å². The second kappa shape index (κ2) is 9.16. The van der Waals surface area contributed by atoms with Crippen molar-refractivity contribution < 1.29 is 14.3 Å². The zero-order valence-electron chi connectivity index (χ0n) is 17.6. The number of carbonyl (C=O) groups excluding carboxylic acids is 2. The largest absolute Gasteiger partial charge is 0.451 e. The minimum Gasteiger partial charge on any atom is -0.451 e. The zero-order chi connectivity index (χ0) is 22.7. The van der Waals surface area contributed by atoms with Gasteiger partial charge in [-0.3, -0.25) is 4.79 Å². The van der Waals surface area contributed by atoms with E-state index in [1.807, 2.05) is 38.1 Å². The lowest BCUT2D eigenvalue weighted by Crippen LogP contribution is -2.15. The molecule has 0 bridgehead atoms. The molecule has 0 saturated carbocycles. The summed E-state index contributed by atoms with van der Waals surface area (Å²) in [6.07, 6.45) is 0. The Labute approximate surface area is 190 Å². The van der Waals surface area contributed by atoms with E-state index in [0.717, 1.165) is 22.4 Å². The van der Waals surface area contributed by atoms with E-state index in [4.69, 9.17) is 16.3 Å². The number of ether oxygens (including phenoxy) is 1. The summed E-state index contributed by atoms with van der Waals surface area (Å²) in [4.78, 5) is 29.3. The number of nitrogens with zero attached hydrogens (tertiary/aromatic N) is 3.